The van der Waals surface area contributed by atoms with Gasteiger partial charge in [0.05, 0.1) is 11.5 Å². The molecule has 1 amide bonds. The maximum Gasteiger partial charge on any atom is 0.313 e. The number of hydrogen-bond donors (Lipinski definition) is 2. The van der Waals surface area contributed by atoms with Crippen LogP contribution in [0.3, 0.4) is 0 Å². The molecule has 5 heteroatoms. The number of aryl methyl sites for hydroxylation is 1. The molecule has 0 unspecified atom stereocenters. The van der Waals surface area contributed by atoms with E-state index in [9.17, 15) is 9.59 Å². The second-order valence-corrected chi connectivity index (χ2v) is 4.96. The summed E-state index contributed by atoms with van der Waals surface area (Å²) in [5, 5.41) is 11.2. The molecule has 98 valence electrons. The van der Waals surface area contributed by atoms with Crippen molar-refractivity contribution in [3.05, 3.63) is 35.4 Å². The first-order valence-corrected chi connectivity index (χ1v) is 6.85. The quantitative estimate of drug-likeness (QED) is 0.785. The van der Waals surface area contributed by atoms with Gasteiger partial charge in [0.1, 0.15) is 0 Å². The highest BCUT2D eigenvalue weighted by Gasteiger charge is 2.03. The van der Waals surface area contributed by atoms with Crippen LogP contribution in [0.15, 0.2) is 24.3 Å². The van der Waals surface area contributed by atoms with E-state index in [1.807, 2.05) is 25.1 Å². The fraction of sp³-hybridized carbons (Fsp3) is 0.385. The maximum atomic E-state index is 11.4. The third kappa shape index (κ3) is 6.30. The Hall–Kier alpha value is -1.49. The van der Waals surface area contributed by atoms with Crippen LogP contribution in [-0.2, 0) is 16.0 Å². The fourth-order valence-electron chi connectivity index (χ4n) is 1.50. The van der Waals surface area contributed by atoms with Gasteiger partial charge in [0.15, 0.2) is 0 Å². The Kier molecular flexibility index (Phi) is 6.28. The Morgan fingerprint density at radius 3 is 2.78 bits per heavy atom. The number of amides is 1. The lowest BCUT2D eigenvalue weighted by Gasteiger charge is -2.05. The van der Waals surface area contributed by atoms with Crippen molar-refractivity contribution in [1.82, 2.24) is 5.32 Å². The predicted octanol–water partition coefficient (Wildman–Crippen LogP) is 1.47. The van der Waals surface area contributed by atoms with Gasteiger partial charge in [0, 0.05) is 6.54 Å². The number of hydrogen-bond acceptors (Lipinski definition) is 3. The van der Waals surface area contributed by atoms with E-state index in [4.69, 9.17) is 5.11 Å². The van der Waals surface area contributed by atoms with Crippen LogP contribution in [0.4, 0.5) is 0 Å². The molecule has 0 aliphatic heterocycles. The van der Waals surface area contributed by atoms with Crippen LogP contribution in [0.1, 0.15) is 11.1 Å². The topological polar surface area (TPSA) is 66.4 Å². The molecule has 0 saturated heterocycles. The van der Waals surface area contributed by atoms with Crippen molar-refractivity contribution in [2.24, 2.45) is 0 Å². The van der Waals surface area contributed by atoms with E-state index in [0.29, 0.717) is 6.54 Å². The minimum Gasteiger partial charge on any atom is -0.481 e. The molecule has 2 N–H and O–H groups in total. The molecular weight excluding hydrogens is 250 g/mol. The van der Waals surface area contributed by atoms with Gasteiger partial charge in [0.2, 0.25) is 5.91 Å². The lowest BCUT2D eigenvalue weighted by molar-refractivity contribution is -0.133. The van der Waals surface area contributed by atoms with E-state index in [2.05, 4.69) is 11.4 Å². The second kappa shape index (κ2) is 7.76. The van der Waals surface area contributed by atoms with Crippen LogP contribution in [0, 0.1) is 6.92 Å². The third-order valence-electron chi connectivity index (χ3n) is 2.28. The van der Waals surface area contributed by atoms with Crippen LogP contribution in [-0.4, -0.2) is 35.0 Å². The molecule has 1 rings (SSSR count). The molecule has 0 atom stereocenters. The molecule has 0 aliphatic rings. The van der Waals surface area contributed by atoms with Crippen molar-refractivity contribution in [2.75, 3.05) is 18.1 Å². The molecule has 0 aromatic heterocycles. The lowest BCUT2D eigenvalue weighted by atomic mass is 10.1. The highest BCUT2D eigenvalue weighted by Crippen LogP contribution is 2.04. The number of carbonyl (C=O) groups is 2. The van der Waals surface area contributed by atoms with Crippen molar-refractivity contribution in [3.8, 4) is 0 Å². The molecule has 0 saturated carbocycles. The average Bonchev–Trinajstić information content (AvgIpc) is 2.28. The van der Waals surface area contributed by atoms with Gasteiger partial charge in [0.25, 0.3) is 0 Å². The molecule has 0 fully saturated rings. The van der Waals surface area contributed by atoms with Gasteiger partial charge in [-0.1, -0.05) is 29.8 Å². The zero-order chi connectivity index (χ0) is 13.4. The summed E-state index contributed by atoms with van der Waals surface area (Å²) in [6.45, 7) is 2.61. The van der Waals surface area contributed by atoms with Crippen molar-refractivity contribution in [2.45, 2.75) is 13.3 Å². The number of rotatable bonds is 7. The zero-order valence-electron chi connectivity index (χ0n) is 10.3. The molecule has 0 heterocycles. The molecular formula is C13H17NO3S. The van der Waals surface area contributed by atoms with E-state index in [0.717, 1.165) is 18.2 Å². The van der Waals surface area contributed by atoms with Crippen molar-refractivity contribution >= 4 is 23.6 Å². The van der Waals surface area contributed by atoms with Gasteiger partial charge >= 0.3 is 5.97 Å². The van der Waals surface area contributed by atoms with Crippen LogP contribution in [0.5, 0.6) is 0 Å². The maximum absolute atomic E-state index is 11.4. The smallest absolute Gasteiger partial charge is 0.313 e. The minimum atomic E-state index is -0.896. The number of benzene rings is 1. The van der Waals surface area contributed by atoms with Gasteiger partial charge in [-0.2, -0.15) is 0 Å². The number of thioether (sulfide) groups is 1. The molecule has 18 heavy (non-hydrogen) atoms. The largest absolute Gasteiger partial charge is 0.481 e. The van der Waals surface area contributed by atoms with E-state index in [-0.39, 0.29) is 17.4 Å². The SMILES string of the molecule is Cc1cccc(CCNC(=O)CSCC(=O)O)c1. The number of aliphatic carboxylic acids is 1. The molecule has 0 bridgehead atoms. The molecule has 0 aliphatic carbocycles. The lowest BCUT2D eigenvalue weighted by Crippen LogP contribution is -2.27. The van der Waals surface area contributed by atoms with Crippen molar-refractivity contribution < 1.29 is 14.7 Å². The van der Waals surface area contributed by atoms with Crippen LogP contribution in [0.2, 0.25) is 0 Å². The normalized spacial score (nSPS) is 10.1. The average molecular weight is 267 g/mol. The monoisotopic (exact) mass is 267 g/mol. The van der Waals surface area contributed by atoms with Gasteiger partial charge < -0.3 is 10.4 Å². The summed E-state index contributed by atoms with van der Waals surface area (Å²) >= 11 is 1.11. The van der Waals surface area contributed by atoms with Crippen LogP contribution >= 0.6 is 11.8 Å². The molecule has 1 aromatic carbocycles. The third-order valence-corrected chi connectivity index (χ3v) is 3.19. The Labute approximate surface area is 111 Å². The van der Waals surface area contributed by atoms with Crippen LogP contribution in [0.25, 0.3) is 0 Å². The summed E-state index contributed by atoms with van der Waals surface area (Å²) in [4.78, 5) is 21.6. The molecule has 4 nitrogen and oxygen atoms in total. The van der Waals surface area contributed by atoms with E-state index in [1.54, 1.807) is 0 Å². The number of carboxylic acid groups (broad SMARTS) is 1. The van der Waals surface area contributed by atoms with E-state index in [1.165, 1.54) is 11.1 Å². The summed E-state index contributed by atoms with van der Waals surface area (Å²) in [6.07, 6.45) is 0.789. The summed E-state index contributed by atoms with van der Waals surface area (Å²) in [6, 6.07) is 8.14. The van der Waals surface area contributed by atoms with Crippen molar-refractivity contribution in [3.63, 3.8) is 0 Å². The predicted molar refractivity (Wildman–Crippen MR) is 72.9 cm³/mol. The standard InChI is InChI=1S/C13H17NO3S/c1-10-3-2-4-11(7-10)5-6-14-12(15)8-18-9-13(16)17/h2-4,7H,5-6,8-9H2,1H3,(H,14,15)(H,16,17). The first-order valence-electron chi connectivity index (χ1n) is 5.69. The Balaban J connectivity index is 2.17. The van der Waals surface area contributed by atoms with Gasteiger partial charge in [-0.3, -0.25) is 9.59 Å². The summed E-state index contributed by atoms with van der Waals surface area (Å²) in [7, 11) is 0. The van der Waals surface area contributed by atoms with Gasteiger partial charge in [-0.25, -0.2) is 0 Å². The highest BCUT2D eigenvalue weighted by molar-refractivity contribution is 8.00. The van der Waals surface area contributed by atoms with E-state index < -0.39 is 5.97 Å². The van der Waals surface area contributed by atoms with Gasteiger partial charge in [-0.05, 0) is 18.9 Å². The Morgan fingerprint density at radius 1 is 1.33 bits per heavy atom. The number of carbonyl (C=O) groups excluding carboxylic acids is 1. The first kappa shape index (κ1) is 14.6. The number of carboxylic acids is 1. The second-order valence-electron chi connectivity index (χ2n) is 3.98. The summed E-state index contributed by atoms with van der Waals surface area (Å²) < 4.78 is 0. The first-order chi connectivity index (χ1) is 8.58. The fourth-order valence-corrected chi connectivity index (χ4v) is 2.06. The van der Waals surface area contributed by atoms with Crippen LogP contribution < -0.4 is 5.32 Å². The number of nitrogens with one attached hydrogen (secondary N) is 1. The van der Waals surface area contributed by atoms with E-state index >= 15 is 0 Å². The molecule has 1 aromatic rings. The minimum absolute atomic E-state index is 0.0364. The summed E-state index contributed by atoms with van der Waals surface area (Å²) in [5.41, 5.74) is 2.39. The highest BCUT2D eigenvalue weighted by atomic mass is 32.2. The Morgan fingerprint density at radius 2 is 2.11 bits per heavy atom. The molecule has 0 spiro atoms. The van der Waals surface area contributed by atoms with Gasteiger partial charge in [-0.15, -0.1) is 11.8 Å². The summed E-state index contributed by atoms with van der Waals surface area (Å²) in [5.74, 6) is -0.854. The zero-order valence-corrected chi connectivity index (χ0v) is 11.1. The Bertz CT molecular complexity index is 420. The molecule has 0 radical (unpaired) electrons. The van der Waals surface area contributed by atoms with Crippen molar-refractivity contribution in [1.29, 1.82) is 0 Å².